The Labute approximate surface area is 719 Å². The lowest BCUT2D eigenvalue weighted by Crippen LogP contribution is -2.67. The van der Waals surface area contributed by atoms with E-state index in [1.165, 1.54) is 95.5 Å². The van der Waals surface area contributed by atoms with Crippen LogP contribution in [0.3, 0.4) is 0 Å². The normalized spacial score (nSPS) is 16.7. The van der Waals surface area contributed by atoms with Crippen molar-refractivity contribution < 1.29 is 76.3 Å². The molecule has 2 amide bonds. The maximum absolute atomic E-state index is 15.3. The summed E-state index contributed by atoms with van der Waals surface area (Å²) in [4.78, 5) is 102. The van der Waals surface area contributed by atoms with Crippen molar-refractivity contribution in [2.24, 2.45) is 0 Å². The number of carbonyl (C=O) groups excluding carboxylic acids is 7. The Morgan fingerprint density at radius 3 is 1.17 bits per heavy atom. The van der Waals surface area contributed by atoms with Crippen LogP contribution in [0.15, 0.2) is 60.7 Å². The first-order valence-corrected chi connectivity index (χ1v) is 51.2. The number of amides is 2. The SMILES string of the molecule is CCCCCCCCCCC[C@H](CC(=O)NC1C(OC[C@@H](NC(=O)C[C@@H](CCCCCCCCCCC)OC(=O)CCCCCCCCC)C(=O)OCc2ccccc2)OC(CO[Si](C)(C)C(C)(C)C)C(O)C1OC(=O)C[C@@H](CCCCCCCCCCC)OC(=O)CCCCCCCCc1ccccc1)OC(=O)CCCCCCCCC. The number of unbranched alkanes of at least 4 members (excludes halogenated alkanes) is 41. The summed E-state index contributed by atoms with van der Waals surface area (Å²) >= 11 is 0. The van der Waals surface area contributed by atoms with Crippen molar-refractivity contribution in [3.63, 3.8) is 0 Å². The van der Waals surface area contributed by atoms with Gasteiger partial charge in [0.05, 0.1) is 32.5 Å². The number of hydrogen-bond donors (Lipinski definition) is 3. The number of aryl methyl sites for hydroxylation is 1. The number of carbonyl (C=O) groups is 7. The van der Waals surface area contributed by atoms with E-state index < -0.39 is 99.6 Å². The molecule has 118 heavy (non-hydrogen) atoms. The second-order valence-electron chi connectivity index (χ2n) is 35.8. The highest BCUT2D eigenvalue weighted by Crippen LogP contribution is 2.38. The van der Waals surface area contributed by atoms with Crippen LogP contribution in [0, 0.1) is 0 Å². The van der Waals surface area contributed by atoms with Gasteiger partial charge < -0.3 is 53.3 Å². The summed E-state index contributed by atoms with van der Waals surface area (Å²) in [5.74, 6) is -3.99. The summed E-state index contributed by atoms with van der Waals surface area (Å²) in [6.07, 6.45) is 42.6. The number of ether oxygens (including phenoxy) is 7. The molecule has 1 saturated heterocycles. The van der Waals surface area contributed by atoms with Gasteiger partial charge >= 0.3 is 29.8 Å². The maximum Gasteiger partial charge on any atom is 0.331 e. The second kappa shape index (κ2) is 69.2. The Morgan fingerprint density at radius 2 is 0.780 bits per heavy atom. The minimum absolute atomic E-state index is 0.144. The van der Waals surface area contributed by atoms with Gasteiger partial charge in [0.2, 0.25) is 11.8 Å². The molecule has 2 aromatic carbocycles. The first kappa shape index (κ1) is 107. The van der Waals surface area contributed by atoms with Crippen LogP contribution in [0.5, 0.6) is 0 Å². The van der Waals surface area contributed by atoms with Crippen LogP contribution in [0.1, 0.15) is 426 Å². The molecule has 0 aliphatic carbocycles. The molecular weight excluding hydrogens is 1500 g/mol. The molecule has 1 heterocycles. The van der Waals surface area contributed by atoms with Crippen LogP contribution in [-0.2, 0) is 84.2 Å². The van der Waals surface area contributed by atoms with Crippen LogP contribution < -0.4 is 10.6 Å². The van der Waals surface area contributed by atoms with Crippen LogP contribution in [0.4, 0.5) is 0 Å². The van der Waals surface area contributed by atoms with Crippen molar-refractivity contribution in [2.75, 3.05) is 13.2 Å². The van der Waals surface area contributed by atoms with Gasteiger partial charge in [-0.05, 0) is 99.9 Å². The van der Waals surface area contributed by atoms with Gasteiger partial charge in [-0.1, -0.05) is 373 Å². The smallest absolute Gasteiger partial charge is 0.331 e. The Morgan fingerprint density at radius 1 is 0.432 bits per heavy atom. The molecule has 678 valence electrons. The van der Waals surface area contributed by atoms with Crippen molar-refractivity contribution >= 4 is 50.0 Å². The fourth-order valence-electron chi connectivity index (χ4n) is 15.3. The first-order valence-electron chi connectivity index (χ1n) is 48.3. The molecule has 1 fully saturated rings. The monoisotopic (exact) mass is 1670 g/mol. The number of nitrogens with one attached hydrogen (secondary N) is 2. The lowest BCUT2D eigenvalue weighted by molar-refractivity contribution is -0.274. The molecule has 5 unspecified atom stereocenters. The van der Waals surface area contributed by atoms with E-state index in [-0.39, 0.29) is 68.7 Å². The molecule has 2 aromatic rings. The van der Waals surface area contributed by atoms with E-state index in [0.717, 1.165) is 186 Å². The molecule has 9 atom stereocenters. The average Bonchev–Trinajstić information content (AvgIpc) is 0.784. The summed E-state index contributed by atoms with van der Waals surface area (Å²) in [6, 6.07) is 16.6. The van der Waals surface area contributed by atoms with Crippen LogP contribution in [-0.4, -0.2) is 123 Å². The third-order valence-electron chi connectivity index (χ3n) is 23.9. The van der Waals surface area contributed by atoms with E-state index in [0.29, 0.717) is 56.9 Å². The van der Waals surface area contributed by atoms with Gasteiger partial charge in [0.15, 0.2) is 26.8 Å². The number of esters is 5. The molecule has 0 spiro atoms. The van der Waals surface area contributed by atoms with Crippen LogP contribution >= 0.6 is 0 Å². The quantitative estimate of drug-likeness (QED) is 0.0241. The lowest BCUT2D eigenvalue weighted by atomic mass is 9.95. The van der Waals surface area contributed by atoms with Gasteiger partial charge in [-0.2, -0.15) is 0 Å². The Bertz CT molecular complexity index is 2840. The van der Waals surface area contributed by atoms with Crippen molar-refractivity contribution in [1.82, 2.24) is 10.6 Å². The third kappa shape index (κ3) is 53.6. The summed E-state index contributed by atoms with van der Waals surface area (Å²) in [5, 5.41) is 18.6. The van der Waals surface area contributed by atoms with E-state index in [2.05, 4.69) is 103 Å². The van der Waals surface area contributed by atoms with E-state index >= 15 is 9.59 Å². The number of aliphatic hydroxyl groups excluding tert-OH is 1. The highest BCUT2D eigenvalue weighted by Gasteiger charge is 2.51. The van der Waals surface area contributed by atoms with Crippen LogP contribution in [0.2, 0.25) is 18.1 Å². The Balaban J connectivity index is 2.17. The zero-order valence-corrected chi connectivity index (χ0v) is 77.5. The minimum atomic E-state index is -2.62. The number of hydrogen-bond acceptors (Lipinski definition) is 16. The molecule has 3 N–H and O–H groups in total. The second-order valence-corrected chi connectivity index (χ2v) is 40.7. The molecule has 3 rings (SSSR count). The standard InChI is InChI=1S/C99H172N2O16Si/c1-11-16-21-26-31-34-39-45-58-69-83(113-90(104)72-61-48-37-29-24-19-14-4)75-88(102)100-86(97(109)110-78-82-67-56-52-57-68-82)79-111-98-94(101-89(103)76-84(70-59-46-40-35-32-27-22-17-12-2)114-91(105)73-62-49-38-30-25-20-15-5)96(95(108)87(116-98)80-112-118(9,10)99(6,7)8)117-93(107)77-85(71-60-47-41-36-33-28-23-18-13-3)115-92(106)74-63-50-43-42-44-53-64-81-65-54-51-55-66-81/h51-52,54-57,65-68,83-87,94-96,98,108H,11-50,53,58-64,69-80H2,1-10H3,(H,100,102)(H,101,103)/t83-,84-,85-,86-,87?,94?,95?,96?,98?/m1/s1. The summed E-state index contributed by atoms with van der Waals surface area (Å²) < 4.78 is 51.6. The molecule has 1 aliphatic rings. The molecule has 0 radical (unpaired) electrons. The minimum Gasteiger partial charge on any atom is -0.462 e. The van der Waals surface area contributed by atoms with Gasteiger partial charge in [-0.15, -0.1) is 0 Å². The molecular formula is C99H172N2O16Si. The van der Waals surface area contributed by atoms with Crippen molar-refractivity contribution in [2.45, 2.75) is 501 Å². The fraction of sp³-hybridized carbons (Fsp3) is 0.808. The zero-order chi connectivity index (χ0) is 86.0. The summed E-state index contributed by atoms with van der Waals surface area (Å²) in [7, 11) is -2.62. The highest BCUT2D eigenvalue weighted by molar-refractivity contribution is 6.74. The van der Waals surface area contributed by atoms with E-state index in [9.17, 15) is 29.1 Å². The average molecular weight is 1670 g/mol. The van der Waals surface area contributed by atoms with E-state index in [1.54, 1.807) is 0 Å². The largest absolute Gasteiger partial charge is 0.462 e. The predicted molar refractivity (Wildman–Crippen MR) is 480 cm³/mol. The molecule has 0 bridgehead atoms. The first-order chi connectivity index (χ1) is 57.1. The zero-order valence-electron chi connectivity index (χ0n) is 76.5. The predicted octanol–water partition coefficient (Wildman–Crippen LogP) is 24.7. The van der Waals surface area contributed by atoms with Gasteiger partial charge in [-0.25, -0.2) is 4.79 Å². The van der Waals surface area contributed by atoms with Gasteiger partial charge in [0.1, 0.15) is 43.2 Å². The van der Waals surface area contributed by atoms with Crippen LogP contribution in [0.25, 0.3) is 0 Å². The molecule has 0 saturated carbocycles. The Hall–Kier alpha value is -5.21. The highest BCUT2D eigenvalue weighted by atomic mass is 28.4. The van der Waals surface area contributed by atoms with E-state index in [1.807, 2.05) is 36.4 Å². The molecule has 0 aromatic heterocycles. The number of aliphatic hydroxyl groups is 1. The van der Waals surface area contributed by atoms with Gasteiger partial charge in [0.25, 0.3) is 0 Å². The van der Waals surface area contributed by atoms with E-state index in [4.69, 9.17) is 37.6 Å². The molecule has 18 nitrogen and oxygen atoms in total. The van der Waals surface area contributed by atoms with Crippen molar-refractivity contribution in [3.05, 3.63) is 71.8 Å². The van der Waals surface area contributed by atoms with Gasteiger partial charge in [0, 0.05) is 19.3 Å². The molecule has 19 heteroatoms. The topological polar surface area (TPSA) is 238 Å². The fourth-order valence-corrected chi connectivity index (χ4v) is 16.3. The number of rotatable bonds is 76. The van der Waals surface area contributed by atoms with Gasteiger partial charge in [-0.3, -0.25) is 28.8 Å². The molecule has 1 aliphatic heterocycles. The number of benzene rings is 2. The maximum atomic E-state index is 15.3. The van der Waals surface area contributed by atoms with Crippen molar-refractivity contribution in [1.29, 1.82) is 0 Å². The lowest BCUT2D eigenvalue weighted by Gasteiger charge is -2.45. The summed E-state index contributed by atoms with van der Waals surface area (Å²) in [5.41, 5.74) is 2.03. The summed E-state index contributed by atoms with van der Waals surface area (Å²) in [6.45, 7) is 20.5. The van der Waals surface area contributed by atoms with Crippen molar-refractivity contribution in [3.8, 4) is 0 Å². The Kier molecular flexibility index (Phi) is 62.8. The third-order valence-corrected chi connectivity index (χ3v) is 28.4.